The number of nitrogens with zero attached hydrogens (tertiary/aromatic N) is 3. The number of hydrogen-bond donors (Lipinski definition) is 2. The summed E-state index contributed by atoms with van der Waals surface area (Å²) in [5, 5.41) is 2.81. The smallest absolute Gasteiger partial charge is 0.325 e. The molecule has 30 heavy (non-hydrogen) atoms. The number of fused-ring (bicyclic) bond motifs is 1. The molecule has 2 N–H and O–H groups in total. The topological polar surface area (TPSA) is 99.8 Å². The molecule has 3 aromatic rings. The largest absolute Gasteiger partial charge is 0.497 e. The highest BCUT2D eigenvalue weighted by molar-refractivity contribution is 5.97. The van der Waals surface area contributed by atoms with E-state index in [1.807, 2.05) is 24.3 Å². The Morgan fingerprint density at radius 3 is 2.77 bits per heavy atom. The van der Waals surface area contributed by atoms with Crippen molar-refractivity contribution in [2.45, 2.75) is 6.54 Å². The summed E-state index contributed by atoms with van der Waals surface area (Å²) in [6, 6.07) is 12.7. The molecule has 0 aliphatic carbocycles. The van der Waals surface area contributed by atoms with E-state index in [-0.39, 0.29) is 25.0 Å². The van der Waals surface area contributed by atoms with E-state index in [9.17, 15) is 9.59 Å². The van der Waals surface area contributed by atoms with E-state index in [0.29, 0.717) is 36.1 Å². The molecule has 0 unspecified atom stereocenters. The summed E-state index contributed by atoms with van der Waals surface area (Å²) in [4.78, 5) is 35.9. The third-order valence-corrected chi connectivity index (χ3v) is 5.00. The summed E-state index contributed by atoms with van der Waals surface area (Å²) in [5.74, 6) is 1.62. The zero-order valence-electron chi connectivity index (χ0n) is 16.8. The lowest BCUT2D eigenvalue weighted by molar-refractivity contribution is -0.121. The van der Waals surface area contributed by atoms with Crippen molar-refractivity contribution in [1.82, 2.24) is 20.2 Å². The molecule has 0 bridgehead atoms. The Bertz CT molecular complexity index is 1050. The number of aromatic nitrogens is 2. The Labute approximate surface area is 173 Å². The molecule has 3 amide bonds. The number of anilines is 1. The summed E-state index contributed by atoms with van der Waals surface area (Å²) >= 11 is 0. The van der Waals surface area contributed by atoms with Gasteiger partial charge in [0.05, 0.1) is 37.5 Å². The highest BCUT2D eigenvalue weighted by Gasteiger charge is 2.32. The molecule has 1 saturated heterocycles. The van der Waals surface area contributed by atoms with Gasteiger partial charge in [0.2, 0.25) is 5.91 Å². The number of para-hydroxylation sites is 2. The van der Waals surface area contributed by atoms with Crippen LogP contribution in [0.1, 0.15) is 5.82 Å². The van der Waals surface area contributed by atoms with Crippen LogP contribution in [0.5, 0.6) is 11.5 Å². The van der Waals surface area contributed by atoms with E-state index in [2.05, 4.69) is 15.3 Å². The van der Waals surface area contributed by atoms with E-state index < -0.39 is 0 Å². The van der Waals surface area contributed by atoms with Gasteiger partial charge in [-0.1, -0.05) is 12.1 Å². The summed E-state index contributed by atoms with van der Waals surface area (Å²) in [7, 11) is 3.12. The molecule has 0 spiro atoms. The fourth-order valence-electron chi connectivity index (χ4n) is 3.46. The Hall–Kier alpha value is -3.75. The van der Waals surface area contributed by atoms with E-state index in [4.69, 9.17) is 9.47 Å². The molecule has 1 aliphatic heterocycles. The number of carbonyl (C=O) groups excluding carboxylic acids is 2. The number of carbonyl (C=O) groups is 2. The molecule has 9 nitrogen and oxygen atoms in total. The van der Waals surface area contributed by atoms with Crippen molar-refractivity contribution >= 4 is 28.7 Å². The number of amides is 3. The second-order valence-electron chi connectivity index (χ2n) is 6.87. The van der Waals surface area contributed by atoms with E-state index in [1.54, 1.807) is 37.3 Å². The van der Waals surface area contributed by atoms with Crippen molar-refractivity contribution in [3.05, 3.63) is 48.3 Å². The van der Waals surface area contributed by atoms with Gasteiger partial charge in [-0.05, 0) is 24.3 Å². The van der Waals surface area contributed by atoms with Crippen LogP contribution in [-0.4, -0.2) is 60.7 Å². The Kier molecular flexibility index (Phi) is 5.42. The molecule has 0 atom stereocenters. The third-order valence-electron chi connectivity index (χ3n) is 5.00. The highest BCUT2D eigenvalue weighted by atomic mass is 16.5. The van der Waals surface area contributed by atoms with Gasteiger partial charge in [-0.25, -0.2) is 9.78 Å². The first kappa shape index (κ1) is 19.6. The van der Waals surface area contributed by atoms with Crippen LogP contribution in [0.15, 0.2) is 42.5 Å². The summed E-state index contributed by atoms with van der Waals surface area (Å²) in [5.41, 5.74) is 2.38. The maximum Gasteiger partial charge on any atom is 0.325 e. The summed E-state index contributed by atoms with van der Waals surface area (Å²) in [6.45, 7) is 1.14. The zero-order valence-corrected chi connectivity index (χ0v) is 16.8. The van der Waals surface area contributed by atoms with Gasteiger partial charge in [0.1, 0.15) is 23.9 Å². The molecule has 4 rings (SSSR count). The molecule has 1 fully saturated rings. The van der Waals surface area contributed by atoms with Crippen LogP contribution in [0, 0.1) is 0 Å². The van der Waals surface area contributed by atoms with Crippen LogP contribution in [0.3, 0.4) is 0 Å². The first-order valence-corrected chi connectivity index (χ1v) is 9.58. The van der Waals surface area contributed by atoms with Crippen molar-refractivity contribution in [2.75, 3.05) is 38.8 Å². The molecule has 0 radical (unpaired) electrons. The van der Waals surface area contributed by atoms with Crippen molar-refractivity contribution in [2.24, 2.45) is 0 Å². The molecule has 9 heteroatoms. The second kappa shape index (κ2) is 8.32. The van der Waals surface area contributed by atoms with Gasteiger partial charge >= 0.3 is 6.03 Å². The van der Waals surface area contributed by atoms with Crippen LogP contribution >= 0.6 is 0 Å². The van der Waals surface area contributed by atoms with Crippen LogP contribution < -0.4 is 19.7 Å². The zero-order chi connectivity index (χ0) is 21.1. The molecule has 1 aliphatic rings. The van der Waals surface area contributed by atoms with E-state index >= 15 is 0 Å². The number of imidazole rings is 1. The number of urea groups is 1. The molecule has 0 saturated carbocycles. The minimum absolute atomic E-state index is 0.0259. The van der Waals surface area contributed by atoms with Crippen LogP contribution in [0.2, 0.25) is 0 Å². The SMILES string of the molecule is COc1ccc(OC)c(N2CCN(CC(=O)NCc3nc4ccccc4[nH]3)C2=O)c1. The first-order valence-electron chi connectivity index (χ1n) is 9.58. The van der Waals surface area contributed by atoms with Crippen molar-refractivity contribution in [1.29, 1.82) is 0 Å². The number of rotatable bonds is 7. The van der Waals surface area contributed by atoms with Crippen LogP contribution in [0.4, 0.5) is 10.5 Å². The number of benzene rings is 2. The lowest BCUT2D eigenvalue weighted by Crippen LogP contribution is -2.39. The maximum atomic E-state index is 12.9. The van der Waals surface area contributed by atoms with E-state index in [1.165, 1.54) is 4.90 Å². The van der Waals surface area contributed by atoms with Crippen LogP contribution in [-0.2, 0) is 11.3 Å². The third kappa shape index (κ3) is 3.86. The first-order chi connectivity index (χ1) is 14.6. The van der Waals surface area contributed by atoms with Crippen molar-refractivity contribution in [3.8, 4) is 11.5 Å². The quantitative estimate of drug-likeness (QED) is 0.623. The number of nitrogens with one attached hydrogen (secondary N) is 2. The van der Waals surface area contributed by atoms with Crippen molar-refractivity contribution in [3.63, 3.8) is 0 Å². The molecule has 156 valence electrons. The molecular formula is C21H23N5O4. The summed E-state index contributed by atoms with van der Waals surface area (Å²) < 4.78 is 10.6. The standard InChI is InChI=1S/C21H23N5O4/c1-29-14-7-8-18(30-2)17(11-14)26-10-9-25(21(26)28)13-20(27)22-12-19-23-15-5-3-4-6-16(15)24-19/h3-8,11H,9-10,12-13H2,1-2H3,(H,22,27)(H,23,24). The Morgan fingerprint density at radius 1 is 1.17 bits per heavy atom. The normalized spacial score (nSPS) is 13.7. The predicted molar refractivity (Wildman–Crippen MR) is 112 cm³/mol. The second-order valence-corrected chi connectivity index (χ2v) is 6.87. The van der Waals surface area contributed by atoms with Gasteiger partial charge in [-0.3, -0.25) is 9.69 Å². The van der Waals surface area contributed by atoms with Gasteiger partial charge in [0, 0.05) is 19.2 Å². The fourth-order valence-corrected chi connectivity index (χ4v) is 3.46. The molecule has 2 heterocycles. The molecule has 2 aromatic carbocycles. The summed E-state index contributed by atoms with van der Waals surface area (Å²) in [6.07, 6.45) is 0. The molecule has 1 aromatic heterocycles. The highest BCUT2D eigenvalue weighted by Crippen LogP contribution is 2.34. The van der Waals surface area contributed by atoms with Gasteiger partial charge in [0.25, 0.3) is 0 Å². The number of hydrogen-bond acceptors (Lipinski definition) is 5. The van der Waals surface area contributed by atoms with Crippen molar-refractivity contribution < 1.29 is 19.1 Å². The number of H-pyrrole nitrogens is 1. The van der Waals surface area contributed by atoms with Gasteiger partial charge in [-0.15, -0.1) is 0 Å². The van der Waals surface area contributed by atoms with Gasteiger partial charge < -0.3 is 24.7 Å². The number of aromatic amines is 1. The van der Waals surface area contributed by atoms with Gasteiger partial charge in [-0.2, -0.15) is 0 Å². The Balaban J connectivity index is 1.37. The lowest BCUT2D eigenvalue weighted by atomic mass is 10.2. The number of methoxy groups -OCH3 is 2. The predicted octanol–water partition coefficient (Wildman–Crippen LogP) is 2.14. The van der Waals surface area contributed by atoms with Crippen LogP contribution in [0.25, 0.3) is 11.0 Å². The monoisotopic (exact) mass is 409 g/mol. The number of ether oxygens (including phenoxy) is 2. The molecular weight excluding hydrogens is 386 g/mol. The maximum absolute atomic E-state index is 12.9. The average molecular weight is 409 g/mol. The van der Waals surface area contributed by atoms with Gasteiger partial charge in [0.15, 0.2) is 0 Å². The average Bonchev–Trinajstić information content (AvgIpc) is 3.35. The minimum atomic E-state index is -0.250. The van der Waals surface area contributed by atoms with E-state index in [0.717, 1.165) is 11.0 Å². The fraction of sp³-hybridized carbons (Fsp3) is 0.286. The minimum Gasteiger partial charge on any atom is -0.497 e. The lowest BCUT2D eigenvalue weighted by Gasteiger charge is -2.21. The Morgan fingerprint density at radius 2 is 2.00 bits per heavy atom.